The summed E-state index contributed by atoms with van der Waals surface area (Å²) in [5, 5.41) is 2.41. The molecule has 1 N–H and O–H groups in total. The summed E-state index contributed by atoms with van der Waals surface area (Å²) in [5.41, 5.74) is 1.53. The molecule has 3 amide bonds. The van der Waals surface area contributed by atoms with Crippen LogP contribution >= 0.6 is 0 Å². The number of urea groups is 1. The maximum atomic E-state index is 14.4. The van der Waals surface area contributed by atoms with E-state index in [1.54, 1.807) is 31.3 Å². The number of alkyl halides is 3. The van der Waals surface area contributed by atoms with Gasteiger partial charge in [0.1, 0.15) is 24.1 Å². The number of benzene rings is 3. The summed E-state index contributed by atoms with van der Waals surface area (Å²) >= 11 is 0. The summed E-state index contributed by atoms with van der Waals surface area (Å²) in [6, 6.07) is 19.7. The molecular weight excluding hydrogens is 561 g/mol. The van der Waals surface area contributed by atoms with Crippen LogP contribution in [0, 0.1) is 0 Å². The molecule has 3 aromatic carbocycles. The normalized spacial score (nSPS) is 15.7. The highest BCUT2D eigenvalue weighted by molar-refractivity contribution is 6.02. The second kappa shape index (κ2) is 11.0. The van der Waals surface area contributed by atoms with Gasteiger partial charge in [-0.3, -0.25) is 9.69 Å². The average Bonchev–Trinajstić information content (AvgIpc) is 3.73. The number of amides is 3. The van der Waals surface area contributed by atoms with E-state index in [2.05, 4.69) is 5.32 Å². The molecule has 1 fully saturated rings. The lowest BCUT2D eigenvalue weighted by atomic mass is 9.96. The number of anilines is 2. The van der Waals surface area contributed by atoms with Crippen molar-refractivity contribution in [3.8, 4) is 17.2 Å². The van der Waals surface area contributed by atoms with Crippen LogP contribution in [0.2, 0.25) is 0 Å². The molecule has 222 valence electrons. The number of rotatable bonds is 7. The molecule has 0 bridgehead atoms. The summed E-state index contributed by atoms with van der Waals surface area (Å²) in [6.45, 7) is -0.345. The molecule has 0 radical (unpaired) electrons. The highest BCUT2D eigenvalue weighted by atomic mass is 19.4. The molecule has 1 aliphatic heterocycles. The molecule has 4 aromatic rings. The molecule has 11 heteroatoms. The van der Waals surface area contributed by atoms with Crippen molar-refractivity contribution in [3.05, 3.63) is 102 Å². The molecule has 8 nitrogen and oxygen atoms in total. The third-order valence-electron chi connectivity index (χ3n) is 7.75. The lowest BCUT2D eigenvalue weighted by Crippen LogP contribution is -2.48. The van der Waals surface area contributed by atoms with E-state index >= 15 is 0 Å². The number of hydrogen-bond donors (Lipinski definition) is 1. The van der Waals surface area contributed by atoms with Gasteiger partial charge in [-0.25, -0.2) is 4.79 Å². The van der Waals surface area contributed by atoms with Crippen LogP contribution in [0.5, 0.6) is 11.5 Å². The van der Waals surface area contributed by atoms with Crippen molar-refractivity contribution in [3.63, 3.8) is 0 Å². The third kappa shape index (κ3) is 5.26. The van der Waals surface area contributed by atoms with E-state index in [0.717, 1.165) is 17.4 Å². The lowest BCUT2D eigenvalue weighted by Gasteiger charge is -2.40. The first-order valence-corrected chi connectivity index (χ1v) is 13.8. The van der Waals surface area contributed by atoms with Gasteiger partial charge in [0.2, 0.25) is 5.91 Å². The Morgan fingerprint density at radius 2 is 1.65 bits per heavy atom. The highest BCUT2D eigenvalue weighted by Crippen LogP contribution is 2.46. The number of aromatic nitrogens is 1. The number of halogens is 3. The molecule has 0 spiro atoms. The Morgan fingerprint density at radius 3 is 2.35 bits per heavy atom. The standard InChI is InChI=1S/C32H29F3N4O4/c1-42-21-15-16-28(43-2)22(18-21)30-27-12-7-17-37(27)25-10-5-6-11-26(25)39(30)29(40)19-38(20-13-14-20)31(41)36-24-9-4-3-8-23(24)32(33,34)35/h3-12,15-18,20,30H,13-14,19H2,1-2H3,(H,36,41). The smallest absolute Gasteiger partial charge is 0.418 e. The minimum absolute atomic E-state index is 0.268. The fraction of sp³-hybridized carbons (Fsp3) is 0.250. The molecule has 6 rings (SSSR count). The molecule has 1 aromatic heterocycles. The summed E-state index contributed by atoms with van der Waals surface area (Å²) < 4.78 is 54.1. The van der Waals surface area contributed by atoms with E-state index in [4.69, 9.17) is 9.47 Å². The maximum absolute atomic E-state index is 14.4. The number of methoxy groups -OCH3 is 2. The molecule has 1 unspecified atom stereocenters. The van der Waals surface area contributed by atoms with Gasteiger partial charge in [0.25, 0.3) is 0 Å². The minimum atomic E-state index is -4.65. The summed E-state index contributed by atoms with van der Waals surface area (Å²) in [7, 11) is 3.10. The van der Waals surface area contributed by atoms with Gasteiger partial charge in [-0.1, -0.05) is 24.3 Å². The Bertz CT molecular complexity index is 1680. The van der Waals surface area contributed by atoms with Crippen LogP contribution in [0.4, 0.5) is 29.3 Å². The van der Waals surface area contributed by atoms with E-state index < -0.39 is 29.7 Å². The van der Waals surface area contributed by atoms with Crippen molar-refractivity contribution in [2.75, 3.05) is 31.0 Å². The average molecular weight is 591 g/mol. The van der Waals surface area contributed by atoms with Crippen LogP contribution in [0.1, 0.15) is 35.7 Å². The summed E-state index contributed by atoms with van der Waals surface area (Å²) in [6.07, 6.45) is -1.44. The minimum Gasteiger partial charge on any atom is -0.497 e. The van der Waals surface area contributed by atoms with Crippen molar-refractivity contribution in [1.82, 2.24) is 9.47 Å². The number of nitrogens with zero attached hydrogens (tertiary/aromatic N) is 3. The summed E-state index contributed by atoms with van der Waals surface area (Å²) in [5.74, 6) is 0.708. The molecule has 1 atom stereocenters. The van der Waals surface area contributed by atoms with Gasteiger partial charge in [0, 0.05) is 17.8 Å². The van der Waals surface area contributed by atoms with Crippen LogP contribution in [0.15, 0.2) is 85.1 Å². The Kier molecular flexibility index (Phi) is 7.25. The number of fused-ring (bicyclic) bond motifs is 3. The van der Waals surface area contributed by atoms with Crippen LogP contribution in [-0.4, -0.2) is 48.2 Å². The van der Waals surface area contributed by atoms with Gasteiger partial charge in [0.15, 0.2) is 0 Å². The number of carbonyl (C=O) groups is 2. The second-order valence-electron chi connectivity index (χ2n) is 10.4. The topological polar surface area (TPSA) is 76.0 Å². The zero-order valence-electron chi connectivity index (χ0n) is 23.5. The Morgan fingerprint density at radius 1 is 0.930 bits per heavy atom. The van der Waals surface area contributed by atoms with Crippen molar-refractivity contribution in [1.29, 1.82) is 0 Å². The zero-order chi connectivity index (χ0) is 30.3. The first-order valence-electron chi connectivity index (χ1n) is 13.8. The largest absolute Gasteiger partial charge is 0.497 e. The second-order valence-corrected chi connectivity index (χ2v) is 10.4. The summed E-state index contributed by atoms with van der Waals surface area (Å²) in [4.78, 5) is 30.8. The first-order chi connectivity index (χ1) is 20.7. The number of nitrogens with one attached hydrogen (secondary N) is 1. The highest BCUT2D eigenvalue weighted by Gasteiger charge is 2.41. The SMILES string of the molecule is COc1ccc(OC)c(C2c3cccn3-c3ccccc3N2C(=O)CN(C(=O)Nc2ccccc2C(F)(F)F)C2CC2)c1. The number of hydrogen-bond acceptors (Lipinski definition) is 4. The van der Waals surface area contributed by atoms with E-state index in [0.29, 0.717) is 35.6 Å². The van der Waals surface area contributed by atoms with Gasteiger partial charge in [-0.2, -0.15) is 13.2 Å². The van der Waals surface area contributed by atoms with Crippen molar-refractivity contribution >= 4 is 23.3 Å². The van der Waals surface area contributed by atoms with Crippen LogP contribution in [0.25, 0.3) is 5.69 Å². The van der Waals surface area contributed by atoms with Crippen molar-refractivity contribution in [2.45, 2.75) is 31.1 Å². The van der Waals surface area contributed by atoms with E-state index in [1.807, 2.05) is 53.2 Å². The predicted molar refractivity (Wildman–Crippen MR) is 155 cm³/mol. The number of ether oxygens (including phenoxy) is 2. The van der Waals surface area contributed by atoms with Gasteiger partial charge in [0.05, 0.1) is 42.5 Å². The van der Waals surface area contributed by atoms with Crippen LogP contribution in [0.3, 0.4) is 0 Å². The molecule has 1 aliphatic carbocycles. The first kappa shape index (κ1) is 28.2. The zero-order valence-corrected chi connectivity index (χ0v) is 23.5. The monoisotopic (exact) mass is 590 g/mol. The van der Waals surface area contributed by atoms with Gasteiger partial charge in [-0.05, 0) is 67.4 Å². The Labute approximate surface area is 246 Å². The Hall–Kier alpha value is -4.93. The van der Waals surface area contributed by atoms with Gasteiger partial charge >= 0.3 is 12.2 Å². The molecular formula is C32H29F3N4O4. The fourth-order valence-corrected chi connectivity index (χ4v) is 5.61. The van der Waals surface area contributed by atoms with Crippen molar-refractivity contribution in [2.24, 2.45) is 0 Å². The van der Waals surface area contributed by atoms with Gasteiger partial charge < -0.3 is 24.3 Å². The quantitative estimate of drug-likeness (QED) is 0.262. The molecule has 0 saturated heterocycles. The molecule has 2 heterocycles. The Balaban J connectivity index is 1.39. The third-order valence-corrected chi connectivity index (χ3v) is 7.75. The molecule has 1 saturated carbocycles. The number of carbonyl (C=O) groups excluding carboxylic acids is 2. The van der Waals surface area contributed by atoms with Gasteiger partial charge in [-0.15, -0.1) is 0 Å². The van der Waals surface area contributed by atoms with Crippen LogP contribution < -0.4 is 19.7 Å². The number of para-hydroxylation sites is 3. The molecule has 43 heavy (non-hydrogen) atoms. The van der Waals surface area contributed by atoms with E-state index in [1.165, 1.54) is 23.1 Å². The van der Waals surface area contributed by atoms with Crippen LogP contribution in [-0.2, 0) is 11.0 Å². The maximum Gasteiger partial charge on any atom is 0.418 e. The predicted octanol–water partition coefficient (Wildman–Crippen LogP) is 6.65. The van der Waals surface area contributed by atoms with Crippen molar-refractivity contribution < 1.29 is 32.2 Å². The van der Waals surface area contributed by atoms with E-state index in [9.17, 15) is 22.8 Å². The fourth-order valence-electron chi connectivity index (χ4n) is 5.61. The molecule has 2 aliphatic rings. The van der Waals surface area contributed by atoms with E-state index in [-0.39, 0.29) is 18.3 Å². The lowest BCUT2D eigenvalue weighted by molar-refractivity contribution is -0.137.